The first-order valence-corrected chi connectivity index (χ1v) is 8.34. The smallest absolute Gasteiger partial charge is 0.190 e. The summed E-state index contributed by atoms with van der Waals surface area (Å²) in [5, 5.41) is 6.75. The molecule has 22 heavy (non-hydrogen) atoms. The monoisotopic (exact) mass is 303 g/mol. The van der Waals surface area contributed by atoms with Gasteiger partial charge in [0.05, 0.1) is 13.2 Å². The molecule has 4 nitrogen and oxygen atoms in total. The van der Waals surface area contributed by atoms with Gasteiger partial charge in [0.15, 0.2) is 5.96 Å². The van der Waals surface area contributed by atoms with Gasteiger partial charge >= 0.3 is 0 Å². The number of ether oxygens (including phenoxy) is 1. The van der Waals surface area contributed by atoms with Crippen molar-refractivity contribution in [3.63, 3.8) is 0 Å². The number of rotatable bonds is 9. The Morgan fingerprint density at radius 2 is 2.05 bits per heavy atom. The van der Waals surface area contributed by atoms with E-state index in [0.29, 0.717) is 12.5 Å². The molecular weight excluding hydrogens is 274 g/mol. The molecule has 1 aromatic rings. The van der Waals surface area contributed by atoms with Crippen LogP contribution in [0.2, 0.25) is 0 Å². The van der Waals surface area contributed by atoms with Crippen LogP contribution in [0, 0.1) is 11.8 Å². The summed E-state index contributed by atoms with van der Waals surface area (Å²) in [6.45, 7) is 5.51. The van der Waals surface area contributed by atoms with Gasteiger partial charge < -0.3 is 15.4 Å². The summed E-state index contributed by atoms with van der Waals surface area (Å²) in [5.41, 5.74) is 1.22. The Kier molecular flexibility index (Phi) is 7.23. The molecule has 1 atom stereocenters. The molecule has 2 N–H and O–H groups in total. The summed E-state index contributed by atoms with van der Waals surface area (Å²) >= 11 is 0. The van der Waals surface area contributed by atoms with E-state index >= 15 is 0 Å². The minimum absolute atomic E-state index is 0.450. The van der Waals surface area contributed by atoms with Crippen LogP contribution in [-0.2, 0) is 11.3 Å². The molecule has 4 heteroatoms. The van der Waals surface area contributed by atoms with Crippen molar-refractivity contribution in [2.24, 2.45) is 16.8 Å². The molecule has 1 saturated carbocycles. The number of hydrogen-bond acceptors (Lipinski definition) is 2. The maximum atomic E-state index is 5.77. The standard InChI is InChI=1S/C18H29N3O/c1-15(13-22-14-17-6-4-3-5-7-17)12-21-18(19-2)20-11-10-16-8-9-16/h3-7,15-16H,8-14H2,1-2H3,(H2,19,20,21). The first-order chi connectivity index (χ1) is 10.8. The van der Waals surface area contributed by atoms with E-state index in [1.54, 1.807) is 0 Å². The molecule has 0 radical (unpaired) electrons. The molecule has 0 spiro atoms. The number of guanidine groups is 1. The minimum atomic E-state index is 0.450. The number of benzene rings is 1. The zero-order chi connectivity index (χ0) is 15.6. The van der Waals surface area contributed by atoms with Gasteiger partial charge in [-0.25, -0.2) is 0 Å². The molecule has 0 amide bonds. The van der Waals surface area contributed by atoms with Crippen LogP contribution in [0.3, 0.4) is 0 Å². The summed E-state index contributed by atoms with van der Waals surface area (Å²) < 4.78 is 5.77. The highest BCUT2D eigenvalue weighted by Gasteiger charge is 2.20. The molecule has 122 valence electrons. The fourth-order valence-electron chi connectivity index (χ4n) is 2.30. The van der Waals surface area contributed by atoms with Gasteiger partial charge in [-0.2, -0.15) is 0 Å². The van der Waals surface area contributed by atoms with E-state index in [1.165, 1.54) is 24.8 Å². The summed E-state index contributed by atoms with van der Waals surface area (Å²) in [4.78, 5) is 4.26. The minimum Gasteiger partial charge on any atom is -0.376 e. The lowest BCUT2D eigenvalue weighted by molar-refractivity contribution is 0.0931. The van der Waals surface area contributed by atoms with E-state index in [0.717, 1.165) is 31.6 Å². The zero-order valence-corrected chi connectivity index (χ0v) is 13.8. The first-order valence-electron chi connectivity index (χ1n) is 8.34. The Hall–Kier alpha value is -1.55. The molecule has 1 unspecified atom stereocenters. The van der Waals surface area contributed by atoms with Crippen LogP contribution >= 0.6 is 0 Å². The van der Waals surface area contributed by atoms with Gasteiger partial charge in [-0.3, -0.25) is 4.99 Å². The summed E-state index contributed by atoms with van der Waals surface area (Å²) in [6.07, 6.45) is 4.07. The lowest BCUT2D eigenvalue weighted by atomic mass is 10.2. The number of nitrogens with one attached hydrogen (secondary N) is 2. The fraction of sp³-hybridized carbons (Fsp3) is 0.611. The Morgan fingerprint density at radius 3 is 2.73 bits per heavy atom. The third-order valence-corrected chi connectivity index (χ3v) is 3.90. The molecule has 0 aliphatic heterocycles. The molecule has 0 saturated heterocycles. The Balaban J connectivity index is 1.54. The highest BCUT2D eigenvalue weighted by Crippen LogP contribution is 2.31. The summed E-state index contributed by atoms with van der Waals surface area (Å²) in [6, 6.07) is 10.3. The van der Waals surface area contributed by atoms with E-state index in [4.69, 9.17) is 4.74 Å². The molecule has 1 fully saturated rings. The topological polar surface area (TPSA) is 45.7 Å². The average Bonchev–Trinajstić information content (AvgIpc) is 3.36. The van der Waals surface area contributed by atoms with Crippen molar-refractivity contribution in [3.05, 3.63) is 35.9 Å². The second-order valence-electron chi connectivity index (χ2n) is 6.22. The van der Waals surface area contributed by atoms with Gasteiger partial charge in [0.1, 0.15) is 0 Å². The van der Waals surface area contributed by atoms with Crippen LogP contribution < -0.4 is 10.6 Å². The van der Waals surface area contributed by atoms with Crippen molar-refractivity contribution >= 4 is 5.96 Å². The molecule has 1 aliphatic carbocycles. The molecule has 0 bridgehead atoms. The van der Waals surface area contributed by atoms with Crippen molar-refractivity contribution in [1.82, 2.24) is 10.6 Å². The number of hydrogen-bond donors (Lipinski definition) is 2. The van der Waals surface area contributed by atoms with E-state index in [2.05, 4.69) is 34.7 Å². The molecule has 0 aromatic heterocycles. The van der Waals surface area contributed by atoms with Crippen LogP contribution in [0.1, 0.15) is 31.7 Å². The normalized spacial score (nSPS) is 16.4. The van der Waals surface area contributed by atoms with E-state index < -0.39 is 0 Å². The second kappa shape index (κ2) is 9.46. The van der Waals surface area contributed by atoms with Crippen molar-refractivity contribution in [1.29, 1.82) is 0 Å². The first kappa shape index (κ1) is 16.8. The SMILES string of the molecule is CN=C(NCCC1CC1)NCC(C)COCc1ccccc1. The van der Waals surface area contributed by atoms with Crippen LogP contribution in [-0.4, -0.2) is 32.7 Å². The van der Waals surface area contributed by atoms with Crippen molar-refractivity contribution in [3.8, 4) is 0 Å². The van der Waals surface area contributed by atoms with Crippen LogP contribution in [0.4, 0.5) is 0 Å². The van der Waals surface area contributed by atoms with Crippen LogP contribution in [0.25, 0.3) is 0 Å². The number of aliphatic imine (C=N–C) groups is 1. The van der Waals surface area contributed by atoms with E-state index in [-0.39, 0.29) is 0 Å². The van der Waals surface area contributed by atoms with Crippen LogP contribution in [0.5, 0.6) is 0 Å². The molecule has 2 rings (SSSR count). The maximum Gasteiger partial charge on any atom is 0.190 e. The average molecular weight is 303 g/mol. The van der Waals surface area contributed by atoms with Gasteiger partial charge in [-0.15, -0.1) is 0 Å². The van der Waals surface area contributed by atoms with Crippen molar-refractivity contribution < 1.29 is 4.74 Å². The largest absolute Gasteiger partial charge is 0.376 e. The van der Waals surface area contributed by atoms with Gasteiger partial charge in [-0.1, -0.05) is 50.1 Å². The van der Waals surface area contributed by atoms with E-state index in [9.17, 15) is 0 Å². The highest BCUT2D eigenvalue weighted by atomic mass is 16.5. The van der Waals surface area contributed by atoms with Crippen molar-refractivity contribution in [2.45, 2.75) is 32.8 Å². The second-order valence-corrected chi connectivity index (χ2v) is 6.22. The van der Waals surface area contributed by atoms with Gasteiger partial charge in [0.2, 0.25) is 0 Å². The third-order valence-electron chi connectivity index (χ3n) is 3.90. The van der Waals surface area contributed by atoms with E-state index in [1.807, 2.05) is 25.2 Å². The predicted octanol–water partition coefficient (Wildman–Crippen LogP) is 2.80. The Labute approximate surface area is 134 Å². The summed E-state index contributed by atoms with van der Waals surface area (Å²) in [5.74, 6) is 2.30. The van der Waals surface area contributed by atoms with Crippen molar-refractivity contribution in [2.75, 3.05) is 26.7 Å². The number of nitrogens with zero attached hydrogens (tertiary/aromatic N) is 1. The maximum absolute atomic E-state index is 5.77. The quantitative estimate of drug-likeness (QED) is 0.545. The summed E-state index contributed by atoms with van der Waals surface area (Å²) in [7, 11) is 1.82. The third kappa shape index (κ3) is 6.94. The highest BCUT2D eigenvalue weighted by molar-refractivity contribution is 5.79. The predicted molar refractivity (Wildman–Crippen MR) is 92.0 cm³/mol. The lowest BCUT2D eigenvalue weighted by Gasteiger charge is -2.16. The molecular formula is C18H29N3O. The zero-order valence-electron chi connectivity index (χ0n) is 13.8. The molecule has 1 aliphatic rings. The molecule has 0 heterocycles. The molecule has 1 aromatic carbocycles. The van der Waals surface area contributed by atoms with Gasteiger partial charge in [0.25, 0.3) is 0 Å². The Bertz CT molecular complexity index is 443. The lowest BCUT2D eigenvalue weighted by Crippen LogP contribution is -2.40. The Morgan fingerprint density at radius 1 is 1.27 bits per heavy atom. The van der Waals surface area contributed by atoms with Crippen LogP contribution in [0.15, 0.2) is 35.3 Å². The fourth-order valence-corrected chi connectivity index (χ4v) is 2.30. The van der Waals surface area contributed by atoms with Gasteiger partial charge in [-0.05, 0) is 23.8 Å². The van der Waals surface area contributed by atoms with Gasteiger partial charge in [0, 0.05) is 20.1 Å².